The fourth-order valence-electron chi connectivity index (χ4n) is 3.06. The molecule has 2 bridgehead atoms. The first-order valence-electron chi connectivity index (χ1n) is 7.84. The van der Waals surface area contributed by atoms with E-state index in [9.17, 15) is 0 Å². The highest BCUT2D eigenvalue weighted by molar-refractivity contribution is 6.31. The summed E-state index contributed by atoms with van der Waals surface area (Å²) in [5.74, 6) is 0. The molecule has 4 heteroatoms. The average Bonchev–Trinajstić information content (AvgIpc) is 2.75. The van der Waals surface area contributed by atoms with Crippen molar-refractivity contribution in [3.63, 3.8) is 0 Å². The van der Waals surface area contributed by atoms with Gasteiger partial charge in [-0.15, -0.1) is 0 Å². The van der Waals surface area contributed by atoms with E-state index < -0.39 is 0 Å². The zero-order valence-corrected chi connectivity index (χ0v) is 13.9. The van der Waals surface area contributed by atoms with Crippen LogP contribution in [0, 0.1) is 0 Å². The maximum Gasteiger partial charge on any atom is 0.0755 e. The Bertz CT molecular complexity index is 500. The predicted octanol–water partition coefficient (Wildman–Crippen LogP) is 3.60. The smallest absolute Gasteiger partial charge is 0.0755 e. The van der Waals surface area contributed by atoms with Crippen molar-refractivity contribution in [2.24, 2.45) is 0 Å². The first-order chi connectivity index (χ1) is 9.90. The number of hydrogen-bond acceptors (Lipinski definition) is 3. The van der Waals surface area contributed by atoms with Crippen molar-refractivity contribution in [1.82, 2.24) is 5.32 Å². The lowest BCUT2D eigenvalue weighted by molar-refractivity contribution is 0.0305. The monoisotopic (exact) mass is 308 g/mol. The number of nitrogens with one attached hydrogen (secondary N) is 1. The normalized spacial score (nSPS) is 25.4. The lowest BCUT2D eigenvalue weighted by Crippen LogP contribution is -2.42. The van der Waals surface area contributed by atoms with E-state index in [0.717, 1.165) is 30.2 Å². The standard InChI is InChI=1S/C17H25ClN2O/c1-17(2,3)19-9-12-4-5-13(8-16(12)18)20-10-14-6-7-15(11-20)21-14/h4-5,8,14-15,19H,6-7,9-11H2,1-3H3. The van der Waals surface area contributed by atoms with Crippen LogP contribution in [0.2, 0.25) is 5.02 Å². The van der Waals surface area contributed by atoms with Crippen molar-refractivity contribution < 1.29 is 4.74 Å². The number of hydrogen-bond donors (Lipinski definition) is 1. The SMILES string of the molecule is CC(C)(C)NCc1ccc(N2CC3CCC(C2)O3)cc1Cl. The molecule has 1 aromatic carbocycles. The van der Waals surface area contributed by atoms with Gasteiger partial charge in [0.05, 0.1) is 12.2 Å². The molecule has 3 nitrogen and oxygen atoms in total. The zero-order chi connectivity index (χ0) is 15.0. The van der Waals surface area contributed by atoms with Gasteiger partial charge < -0.3 is 15.0 Å². The van der Waals surface area contributed by atoms with Crippen LogP contribution < -0.4 is 10.2 Å². The molecule has 2 heterocycles. The van der Waals surface area contributed by atoms with Crippen LogP contribution in [0.15, 0.2) is 18.2 Å². The van der Waals surface area contributed by atoms with Crippen molar-refractivity contribution in [3.05, 3.63) is 28.8 Å². The molecular formula is C17H25ClN2O. The fourth-order valence-corrected chi connectivity index (χ4v) is 3.30. The number of benzene rings is 1. The van der Waals surface area contributed by atoms with Crippen molar-refractivity contribution >= 4 is 17.3 Å². The molecule has 0 saturated carbocycles. The van der Waals surface area contributed by atoms with E-state index in [-0.39, 0.29) is 5.54 Å². The maximum atomic E-state index is 6.47. The van der Waals surface area contributed by atoms with Crippen LogP contribution in [0.5, 0.6) is 0 Å². The Morgan fingerprint density at radius 2 is 1.90 bits per heavy atom. The number of fused-ring (bicyclic) bond motifs is 2. The third-order valence-electron chi connectivity index (χ3n) is 4.25. The molecule has 2 aliphatic rings. The molecule has 116 valence electrons. The predicted molar refractivity (Wildman–Crippen MR) is 88.2 cm³/mol. The van der Waals surface area contributed by atoms with Gasteiger partial charge in [0.25, 0.3) is 0 Å². The summed E-state index contributed by atoms with van der Waals surface area (Å²) in [6, 6.07) is 6.44. The number of morpholine rings is 1. The van der Waals surface area contributed by atoms with Gasteiger partial charge in [0, 0.05) is 35.9 Å². The van der Waals surface area contributed by atoms with E-state index in [2.05, 4.69) is 49.2 Å². The molecule has 0 aliphatic carbocycles. The van der Waals surface area contributed by atoms with Crippen molar-refractivity contribution in [3.8, 4) is 0 Å². The van der Waals surface area contributed by atoms with Crippen molar-refractivity contribution in [2.45, 2.75) is 57.9 Å². The van der Waals surface area contributed by atoms with E-state index in [4.69, 9.17) is 16.3 Å². The fraction of sp³-hybridized carbons (Fsp3) is 0.647. The van der Waals surface area contributed by atoms with E-state index >= 15 is 0 Å². The van der Waals surface area contributed by atoms with Gasteiger partial charge in [-0.3, -0.25) is 0 Å². The van der Waals surface area contributed by atoms with Crippen LogP contribution in [-0.4, -0.2) is 30.8 Å². The summed E-state index contributed by atoms with van der Waals surface area (Å²) in [5.41, 5.74) is 2.48. The Morgan fingerprint density at radius 3 is 2.48 bits per heavy atom. The second kappa shape index (κ2) is 5.79. The van der Waals surface area contributed by atoms with Gasteiger partial charge in [-0.2, -0.15) is 0 Å². The Balaban J connectivity index is 1.69. The topological polar surface area (TPSA) is 24.5 Å². The molecule has 0 radical (unpaired) electrons. The number of anilines is 1. The number of ether oxygens (including phenoxy) is 1. The largest absolute Gasteiger partial charge is 0.371 e. The second-order valence-electron chi connectivity index (χ2n) is 7.24. The summed E-state index contributed by atoms with van der Waals surface area (Å²) in [5, 5.41) is 4.33. The third-order valence-corrected chi connectivity index (χ3v) is 4.61. The Labute approximate surface area is 132 Å². The molecule has 2 aliphatic heterocycles. The molecule has 2 unspecified atom stereocenters. The highest BCUT2D eigenvalue weighted by Crippen LogP contribution is 2.31. The van der Waals surface area contributed by atoms with Crippen LogP contribution in [-0.2, 0) is 11.3 Å². The molecule has 1 N–H and O–H groups in total. The molecule has 21 heavy (non-hydrogen) atoms. The summed E-state index contributed by atoms with van der Waals surface area (Å²) in [6.45, 7) is 9.28. The Kier molecular flexibility index (Phi) is 4.17. The summed E-state index contributed by atoms with van der Waals surface area (Å²) in [7, 11) is 0. The van der Waals surface area contributed by atoms with Gasteiger partial charge >= 0.3 is 0 Å². The minimum absolute atomic E-state index is 0.103. The molecule has 0 amide bonds. The van der Waals surface area contributed by atoms with Gasteiger partial charge in [0.2, 0.25) is 0 Å². The van der Waals surface area contributed by atoms with Crippen LogP contribution in [0.3, 0.4) is 0 Å². The number of rotatable bonds is 3. The highest BCUT2D eigenvalue weighted by Gasteiger charge is 2.33. The molecule has 1 aromatic rings. The summed E-state index contributed by atoms with van der Waals surface area (Å²) in [4.78, 5) is 2.42. The lowest BCUT2D eigenvalue weighted by Gasteiger charge is -2.34. The maximum absolute atomic E-state index is 6.47. The van der Waals surface area contributed by atoms with Gasteiger partial charge in [-0.25, -0.2) is 0 Å². The summed E-state index contributed by atoms with van der Waals surface area (Å²) in [6.07, 6.45) is 3.21. The Hall–Kier alpha value is -0.770. The Morgan fingerprint density at radius 1 is 1.24 bits per heavy atom. The highest BCUT2D eigenvalue weighted by atomic mass is 35.5. The van der Waals surface area contributed by atoms with Crippen LogP contribution in [0.4, 0.5) is 5.69 Å². The van der Waals surface area contributed by atoms with Crippen LogP contribution in [0.25, 0.3) is 0 Å². The third kappa shape index (κ3) is 3.71. The molecule has 2 fully saturated rings. The lowest BCUT2D eigenvalue weighted by atomic mass is 10.1. The van der Waals surface area contributed by atoms with Gasteiger partial charge in [0.1, 0.15) is 0 Å². The minimum Gasteiger partial charge on any atom is -0.371 e. The second-order valence-corrected chi connectivity index (χ2v) is 7.65. The molecular weight excluding hydrogens is 284 g/mol. The molecule has 2 atom stereocenters. The molecule has 0 spiro atoms. The van der Waals surface area contributed by atoms with Crippen molar-refractivity contribution in [2.75, 3.05) is 18.0 Å². The first-order valence-corrected chi connectivity index (χ1v) is 8.22. The van der Waals surface area contributed by atoms with Crippen LogP contribution >= 0.6 is 11.6 Å². The van der Waals surface area contributed by atoms with E-state index in [1.54, 1.807) is 0 Å². The minimum atomic E-state index is 0.103. The van der Waals surface area contributed by atoms with E-state index in [1.165, 1.54) is 18.5 Å². The molecule has 2 saturated heterocycles. The van der Waals surface area contributed by atoms with Crippen LogP contribution in [0.1, 0.15) is 39.2 Å². The average molecular weight is 309 g/mol. The van der Waals surface area contributed by atoms with Gasteiger partial charge in [-0.05, 0) is 51.3 Å². The zero-order valence-electron chi connectivity index (χ0n) is 13.2. The summed E-state index contributed by atoms with van der Waals surface area (Å²) >= 11 is 6.47. The van der Waals surface area contributed by atoms with Gasteiger partial charge in [0.15, 0.2) is 0 Å². The number of nitrogens with zero attached hydrogens (tertiary/aromatic N) is 1. The van der Waals surface area contributed by atoms with Crippen molar-refractivity contribution in [1.29, 1.82) is 0 Å². The van der Waals surface area contributed by atoms with Gasteiger partial charge in [-0.1, -0.05) is 17.7 Å². The molecule has 3 rings (SSSR count). The van der Waals surface area contributed by atoms with E-state index in [0.29, 0.717) is 12.2 Å². The van der Waals surface area contributed by atoms with E-state index in [1.807, 2.05) is 0 Å². The number of halogens is 1. The summed E-state index contributed by atoms with van der Waals surface area (Å²) < 4.78 is 5.89. The first kappa shape index (κ1) is 15.1. The quantitative estimate of drug-likeness (QED) is 0.923. The molecule has 0 aromatic heterocycles.